The highest BCUT2D eigenvalue weighted by Crippen LogP contribution is 2.08. The molecule has 0 unspecified atom stereocenters. The topological polar surface area (TPSA) is 93.0 Å². The first-order chi connectivity index (χ1) is 6.91. The van der Waals surface area contributed by atoms with Crippen LogP contribution in [0.2, 0.25) is 0 Å². The molecular formula is C8H11NO5S. The van der Waals surface area contributed by atoms with E-state index >= 15 is 0 Å². The molecule has 0 aliphatic heterocycles. The van der Waals surface area contributed by atoms with Crippen LogP contribution in [0, 0.1) is 11.8 Å². The molecule has 15 heavy (non-hydrogen) atoms. The second-order valence-corrected chi connectivity index (χ2v) is 3.97. The summed E-state index contributed by atoms with van der Waals surface area (Å²) in [6.45, 7) is 1.84. The lowest BCUT2D eigenvalue weighted by Crippen LogP contribution is -1.96. The van der Waals surface area contributed by atoms with E-state index in [4.69, 9.17) is 9.46 Å². The van der Waals surface area contributed by atoms with Gasteiger partial charge in [0.25, 0.3) is 10.1 Å². The molecule has 1 aromatic carbocycles. The fraction of sp³-hybridized carbons (Fsp3) is 0.250. The van der Waals surface area contributed by atoms with Gasteiger partial charge in [-0.25, -0.2) is 0 Å². The van der Waals surface area contributed by atoms with Gasteiger partial charge in [-0.1, -0.05) is 17.7 Å². The zero-order valence-electron chi connectivity index (χ0n) is 8.25. The smallest absolute Gasteiger partial charge is 0.294 e. The first kappa shape index (κ1) is 13.5. The third-order valence-corrected chi connectivity index (χ3v) is 2.26. The van der Waals surface area contributed by atoms with Crippen LogP contribution in [0.4, 0.5) is 0 Å². The Balaban J connectivity index is 0.000000423. The first-order valence-corrected chi connectivity index (χ1v) is 5.25. The molecule has 0 fully saturated rings. The molecule has 84 valence electrons. The maximum absolute atomic E-state index is 10.5. The summed E-state index contributed by atoms with van der Waals surface area (Å²) in [6.07, 6.45) is 0. The van der Waals surface area contributed by atoms with Crippen molar-refractivity contribution < 1.29 is 17.8 Å². The van der Waals surface area contributed by atoms with Crippen molar-refractivity contribution in [2.45, 2.75) is 11.8 Å². The van der Waals surface area contributed by atoms with Gasteiger partial charge in [0, 0.05) is 0 Å². The number of hydrogen-bond acceptors (Lipinski definition) is 5. The van der Waals surface area contributed by atoms with Gasteiger partial charge in [0.05, 0.1) is 4.90 Å². The molecule has 0 spiro atoms. The van der Waals surface area contributed by atoms with E-state index in [-0.39, 0.29) is 4.90 Å². The average molecular weight is 233 g/mol. The van der Waals surface area contributed by atoms with Crippen molar-refractivity contribution in [2.75, 3.05) is 7.11 Å². The molecule has 1 aromatic rings. The van der Waals surface area contributed by atoms with E-state index in [0.29, 0.717) is 0 Å². The predicted molar refractivity (Wildman–Crippen MR) is 53.8 cm³/mol. The molecule has 0 amide bonds. The molecule has 0 heterocycles. The van der Waals surface area contributed by atoms with Crippen molar-refractivity contribution in [3.8, 4) is 0 Å². The highest BCUT2D eigenvalue weighted by atomic mass is 32.2. The van der Waals surface area contributed by atoms with Crippen LogP contribution in [0.15, 0.2) is 34.5 Å². The van der Waals surface area contributed by atoms with Crippen molar-refractivity contribution in [1.29, 1.82) is 0 Å². The molecule has 6 nitrogen and oxygen atoms in total. The minimum atomic E-state index is -4.02. The minimum Gasteiger partial charge on any atom is -0.367 e. The van der Waals surface area contributed by atoms with Crippen molar-refractivity contribution in [1.82, 2.24) is 0 Å². The highest BCUT2D eigenvalue weighted by molar-refractivity contribution is 7.85. The molecule has 1 N–H and O–H groups in total. The van der Waals surface area contributed by atoms with Gasteiger partial charge in [-0.2, -0.15) is 8.42 Å². The van der Waals surface area contributed by atoms with Crippen LogP contribution < -0.4 is 0 Å². The van der Waals surface area contributed by atoms with Crippen molar-refractivity contribution in [3.63, 3.8) is 0 Å². The average Bonchev–Trinajstić information content (AvgIpc) is 2.17. The summed E-state index contributed by atoms with van der Waals surface area (Å²) in [4.78, 5) is 12.2. The van der Waals surface area contributed by atoms with Crippen LogP contribution in [0.3, 0.4) is 0 Å². The molecule has 0 radical (unpaired) electrons. The Hall–Kier alpha value is -1.47. The number of nitrogens with zero attached hydrogens (tertiary/aromatic N) is 1. The molecule has 0 aliphatic rings. The van der Waals surface area contributed by atoms with E-state index < -0.39 is 10.1 Å². The zero-order valence-corrected chi connectivity index (χ0v) is 9.06. The van der Waals surface area contributed by atoms with Crippen LogP contribution in [0.5, 0.6) is 0 Å². The lowest BCUT2D eigenvalue weighted by molar-refractivity contribution is 0.208. The fourth-order valence-corrected chi connectivity index (χ4v) is 1.19. The van der Waals surface area contributed by atoms with Crippen LogP contribution in [0.1, 0.15) is 5.56 Å². The van der Waals surface area contributed by atoms with E-state index in [2.05, 4.69) is 4.84 Å². The SMILES string of the molecule is CON=O.Cc1ccc(S(=O)(=O)O)cc1. The maximum atomic E-state index is 10.5. The Bertz CT molecular complexity index is 398. The van der Waals surface area contributed by atoms with E-state index in [9.17, 15) is 8.42 Å². The Morgan fingerprint density at radius 2 is 1.67 bits per heavy atom. The van der Waals surface area contributed by atoms with Gasteiger partial charge in [-0.3, -0.25) is 4.55 Å². The summed E-state index contributed by atoms with van der Waals surface area (Å²) in [5.74, 6) is 0. The van der Waals surface area contributed by atoms with E-state index in [1.54, 1.807) is 12.1 Å². The van der Waals surface area contributed by atoms with Crippen molar-refractivity contribution in [3.05, 3.63) is 34.7 Å². The largest absolute Gasteiger partial charge is 0.367 e. The van der Waals surface area contributed by atoms with Crippen LogP contribution in [-0.2, 0) is 15.0 Å². The molecule has 0 bridgehead atoms. The quantitative estimate of drug-likeness (QED) is 0.475. The Morgan fingerprint density at radius 1 is 1.27 bits per heavy atom. The summed E-state index contributed by atoms with van der Waals surface area (Å²) < 4.78 is 29.6. The number of aryl methyl sites for hydroxylation is 1. The van der Waals surface area contributed by atoms with Gasteiger partial charge in [-0.15, -0.1) is 4.91 Å². The Morgan fingerprint density at radius 3 is 1.93 bits per heavy atom. The normalized spacial score (nSPS) is 9.80. The predicted octanol–water partition coefficient (Wildman–Crippen LogP) is 1.56. The van der Waals surface area contributed by atoms with E-state index in [0.717, 1.165) is 5.56 Å². The summed E-state index contributed by atoms with van der Waals surface area (Å²) in [5, 5.41) is 1.99. The van der Waals surface area contributed by atoms with E-state index in [1.165, 1.54) is 19.2 Å². The van der Waals surface area contributed by atoms with Crippen molar-refractivity contribution in [2.24, 2.45) is 5.34 Å². The summed E-state index contributed by atoms with van der Waals surface area (Å²) in [6, 6.07) is 5.99. The van der Waals surface area contributed by atoms with Gasteiger partial charge in [0.15, 0.2) is 5.34 Å². The fourth-order valence-electron chi connectivity index (χ4n) is 0.710. The van der Waals surface area contributed by atoms with Crippen molar-refractivity contribution >= 4 is 10.1 Å². The minimum absolute atomic E-state index is 0.0666. The van der Waals surface area contributed by atoms with Crippen LogP contribution in [0.25, 0.3) is 0 Å². The molecule has 0 aromatic heterocycles. The molecule has 0 saturated heterocycles. The summed E-state index contributed by atoms with van der Waals surface area (Å²) in [5.41, 5.74) is 0.956. The second-order valence-electron chi connectivity index (χ2n) is 2.55. The molecule has 0 saturated carbocycles. The Labute approximate surface area is 87.6 Å². The summed E-state index contributed by atoms with van der Waals surface area (Å²) >= 11 is 0. The zero-order chi connectivity index (χ0) is 11.9. The second kappa shape index (κ2) is 6.10. The Kier molecular flexibility index (Phi) is 5.50. The van der Waals surface area contributed by atoms with Gasteiger partial charge < -0.3 is 4.84 Å². The lowest BCUT2D eigenvalue weighted by Gasteiger charge is -1.95. The van der Waals surface area contributed by atoms with Crippen LogP contribution in [-0.4, -0.2) is 20.1 Å². The van der Waals surface area contributed by atoms with E-state index in [1.807, 2.05) is 12.3 Å². The monoisotopic (exact) mass is 233 g/mol. The molecule has 0 aliphatic carbocycles. The number of benzene rings is 1. The maximum Gasteiger partial charge on any atom is 0.294 e. The first-order valence-electron chi connectivity index (χ1n) is 3.81. The highest BCUT2D eigenvalue weighted by Gasteiger charge is 2.06. The standard InChI is InChI=1S/C7H8O3S.CH3NO2/c1-6-2-4-7(5-3-6)11(8,9)10;1-4-2-3/h2-5H,1H3,(H,8,9,10);1H3. The van der Waals surface area contributed by atoms with Gasteiger partial charge in [-0.05, 0) is 19.1 Å². The molecule has 7 heteroatoms. The molecule has 0 atom stereocenters. The van der Waals surface area contributed by atoms with Gasteiger partial charge in [0.1, 0.15) is 7.11 Å². The number of rotatable bonds is 2. The van der Waals surface area contributed by atoms with Crippen LogP contribution >= 0.6 is 0 Å². The molecule has 1 rings (SSSR count). The van der Waals surface area contributed by atoms with Gasteiger partial charge in [0.2, 0.25) is 0 Å². The lowest BCUT2D eigenvalue weighted by atomic mass is 10.2. The van der Waals surface area contributed by atoms with Gasteiger partial charge >= 0.3 is 0 Å². The summed E-state index contributed by atoms with van der Waals surface area (Å²) in [7, 11) is -2.82. The third kappa shape index (κ3) is 5.76. The molecular weight excluding hydrogens is 222 g/mol. The number of hydrogen-bond donors (Lipinski definition) is 1. The third-order valence-electron chi connectivity index (χ3n) is 1.39.